The Morgan fingerprint density at radius 1 is 1.20 bits per heavy atom. The number of carbonyl (C=O) groups excluding carboxylic acids is 2. The van der Waals surface area contributed by atoms with Crippen molar-refractivity contribution in [2.45, 2.75) is 27.2 Å². The van der Waals surface area contributed by atoms with Gasteiger partial charge in [0, 0.05) is 20.1 Å². The van der Waals surface area contributed by atoms with Crippen LogP contribution in [0.4, 0.5) is 4.79 Å². The highest BCUT2D eigenvalue weighted by molar-refractivity contribution is 5.85. The van der Waals surface area contributed by atoms with Gasteiger partial charge in [-0.25, -0.2) is 4.79 Å². The Bertz CT molecular complexity index is 345. The van der Waals surface area contributed by atoms with Crippen molar-refractivity contribution in [2.75, 3.05) is 33.2 Å². The second-order valence-corrected chi connectivity index (χ2v) is 5.16. The molecule has 7 heteroatoms. The monoisotopic (exact) mass is 287 g/mol. The second-order valence-electron chi connectivity index (χ2n) is 5.16. The number of likely N-dealkylation sites (N-methyl/N-ethyl adjacent to an activating group) is 1. The molecule has 3 amide bonds. The molecule has 0 atom stereocenters. The van der Waals surface area contributed by atoms with Gasteiger partial charge in [-0.1, -0.05) is 20.8 Å². The van der Waals surface area contributed by atoms with E-state index < -0.39 is 12.0 Å². The van der Waals surface area contributed by atoms with E-state index in [0.29, 0.717) is 13.1 Å². The second kappa shape index (κ2) is 9.17. The van der Waals surface area contributed by atoms with E-state index in [9.17, 15) is 14.4 Å². The Labute approximate surface area is 119 Å². The number of urea groups is 1. The number of carboxylic acids is 1. The molecule has 0 aliphatic carbocycles. The Morgan fingerprint density at radius 2 is 1.80 bits per heavy atom. The Morgan fingerprint density at radius 3 is 2.25 bits per heavy atom. The minimum atomic E-state index is -1.07. The SMILES string of the molecule is CCCNC(=O)CN(C)C(=O)N(CC(=O)O)CC(C)C. The summed E-state index contributed by atoms with van der Waals surface area (Å²) in [7, 11) is 1.49. The maximum Gasteiger partial charge on any atom is 0.323 e. The first-order chi connectivity index (χ1) is 9.27. The molecule has 0 bridgehead atoms. The van der Waals surface area contributed by atoms with Crippen LogP contribution in [0, 0.1) is 5.92 Å². The summed E-state index contributed by atoms with van der Waals surface area (Å²) in [4.78, 5) is 36.9. The molecule has 0 rings (SSSR count). The highest BCUT2D eigenvalue weighted by Crippen LogP contribution is 2.03. The number of hydrogen-bond donors (Lipinski definition) is 2. The third-order valence-corrected chi connectivity index (χ3v) is 2.46. The summed E-state index contributed by atoms with van der Waals surface area (Å²) < 4.78 is 0. The summed E-state index contributed by atoms with van der Waals surface area (Å²) in [6, 6.07) is -0.451. The standard InChI is InChI=1S/C13H25N3O4/c1-5-6-14-11(17)8-15(4)13(20)16(7-10(2)3)9-12(18)19/h10H,5-9H2,1-4H3,(H,14,17)(H,18,19). The van der Waals surface area contributed by atoms with Crippen LogP contribution in [0.1, 0.15) is 27.2 Å². The molecule has 7 nitrogen and oxygen atoms in total. The van der Waals surface area contributed by atoms with Crippen LogP contribution in [0.15, 0.2) is 0 Å². The van der Waals surface area contributed by atoms with Crippen LogP contribution in [0.5, 0.6) is 0 Å². The number of nitrogens with zero attached hydrogens (tertiary/aromatic N) is 2. The van der Waals surface area contributed by atoms with Crippen molar-refractivity contribution >= 4 is 17.9 Å². The zero-order valence-corrected chi connectivity index (χ0v) is 12.7. The predicted molar refractivity (Wildman–Crippen MR) is 75.4 cm³/mol. The van der Waals surface area contributed by atoms with Crippen LogP contribution in [0.2, 0.25) is 0 Å². The lowest BCUT2D eigenvalue weighted by Crippen LogP contribution is -2.48. The number of nitrogens with one attached hydrogen (secondary N) is 1. The molecule has 0 unspecified atom stereocenters. The summed E-state index contributed by atoms with van der Waals surface area (Å²) in [5.41, 5.74) is 0. The Balaban J connectivity index is 4.54. The van der Waals surface area contributed by atoms with E-state index in [1.807, 2.05) is 20.8 Å². The van der Waals surface area contributed by atoms with Gasteiger partial charge in [-0.2, -0.15) is 0 Å². The summed E-state index contributed by atoms with van der Waals surface area (Å²) in [5, 5.41) is 11.5. The molecule has 0 saturated heterocycles. The Hall–Kier alpha value is -1.79. The van der Waals surface area contributed by atoms with E-state index in [-0.39, 0.29) is 24.9 Å². The van der Waals surface area contributed by atoms with E-state index in [1.165, 1.54) is 16.8 Å². The molecular weight excluding hydrogens is 262 g/mol. The first-order valence-electron chi connectivity index (χ1n) is 6.76. The fourth-order valence-electron chi connectivity index (χ4n) is 1.66. The van der Waals surface area contributed by atoms with Crippen LogP contribution in [0.25, 0.3) is 0 Å². The molecule has 0 fully saturated rings. The topological polar surface area (TPSA) is 90.0 Å². The number of hydrogen-bond acceptors (Lipinski definition) is 3. The average molecular weight is 287 g/mol. The fraction of sp³-hybridized carbons (Fsp3) is 0.769. The molecule has 0 aromatic rings. The smallest absolute Gasteiger partial charge is 0.323 e. The van der Waals surface area contributed by atoms with Gasteiger partial charge in [0.05, 0.1) is 0 Å². The van der Waals surface area contributed by atoms with Crippen LogP contribution >= 0.6 is 0 Å². The van der Waals surface area contributed by atoms with Gasteiger partial charge in [0.25, 0.3) is 0 Å². The predicted octanol–water partition coefficient (Wildman–Crippen LogP) is 0.607. The van der Waals surface area contributed by atoms with Gasteiger partial charge in [0.2, 0.25) is 5.91 Å². The Kier molecular flexibility index (Phi) is 8.35. The van der Waals surface area contributed by atoms with Gasteiger partial charge in [-0.3, -0.25) is 9.59 Å². The van der Waals surface area contributed by atoms with E-state index in [1.54, 1.807) is 0 Å². The van der Waals surface area contributed by atoms with Crippen molar-refractivity contribution in [1.29, 1.82) is 0 Å². The van der Waals surface area contributed by atoms with Gasteiger partial charge in [-0.05, 0) is 12.3 Å². The lowest BCUT2D eigenvalue weighted by atomic mass is 10.2. The van der Waals surface area contributed by atoms with Crippen molar-refractivity contribution in [3.05, 3.63) is 0 Å². The van der Waals surface area contributed by atoms with E-state index in [0.717, 1.165) is 6.42 Å². The zero-order chi connectivity index (χ0) is 15.7. The highest BCUT2D eigenvalue weighted by Gasteiger charge is 2.22. The molecule has 0 aromatic heterocycles. The molecule has 116 valence electrons. The van der Waals surface area contributed by atoms with Crippen molar-refractivity contribution < 1.29 is 19.5 Å². The fourth-order valence-corrected chi connectivity index (χ4v) is 1.66. The van der Waals surface area contributed by atoms with Gasteiger partial charge in [-0.15, -0.1) is 0 Å². The normalized spacial score (nSPS) is 10.2. The van der Waals surface area contributed by atoms with Crippen molar-refractivity contribution in [2.24, 2.45) is 5.92 Å². The lowest BCUT2D eigenvalue weighted by Gasteiger charge is -2.28. The van der Waals surface area contributed by atoms with E-state index in [2.05, 4.69) is 5.32 Å². The number of aliphatic carboxylic acids is 1. The van der Waals surface area contributed by atoms with Gasteiger partial charge < -0.3 is 20.2 Å². The summed E-state index contributed by atoms with van der Waals surface area (Å²) >= 11 is 0. The van der Waals surface area contributed by atoms with Gasteiger partial charge >= 0.3 is 12.0 Å². The highest BCUT2D eigenvalue weighted by atomic mass is 16.4. The molecule has 0 spiro atoms. The van der Waals surface area contributed by atoms with Crippen LogP contribution in [0.3, 0.4) is 0 Å². The maximum absolute atomic E-state index is 12.1. The molecule has 0 aliphatic rings. The maximum atomic E-state index is 12.1. The van der Waals surface area contributed by atoms with Gasteiger partial charge in [0.15, 0.2) is 0 Å². The van der Waals surface area contributed by atoms with Crippen LogP contribution in [-0.2, 0) is 9.59 Å². The molecule has 0 aromatic carbocycles. The third-order valence-electron chi connectivity index (χ3n) is 2.46. The van der Waals surface area contributed by atoms with Crippen molar-refractivity contribution in [3.63, 3.8) is 0 Å². The summed E-state index contributed by atoms with van der Waals surface area (Å²) in [6.07, 6.45) is 0.821. The number of carbonyl (C=O) groups is 3. The molecule has 0 aliphatic heterocycles. The van der Waals surface area contributed by atoms with Crippen LogP contribution < -0.4 is 5.32 Å². The molecule has 0 radical (unpaired) electrons. The molecular formula is C13H25N3O4. The summed E-state index contributed by atoms with van der Waals surface area (Å²) in [5.74, 6) is -1.16. The number of carboxylic acid groups (broad SMARTS) is 1. The van der Waals surface area contributed by atoms with Gasteiger partial charge in [0.1, 0.15) is 13.1 Å². The largest absolute Gasteiger partial charge is 0.480 e. The molecule has 2 N–H and O–H groups in total. The van der Waals surface area contributed by atoms with E-state index in [4.69, 9.17) is 5.11 Å². The molecule has 20 heavy (non-hydrogen) atoms. The van der Waals surface area contributed by atoms with E-state index >= 15 is 0 Å². The molecule has 0 saturated carbocycles. The average Bonchev–Trinajstić information content (AvgIpc) is 2.33. The number of rotatable bonds is 8. The zero-order valence-electron chi connectivity index (χ0n) is 12.7. The van der Waals surface area contributed by atoms with Crippen LogP contribution in [-0.4, -0.2) is 66.0 Å². The third kappa shape index (κ3) is 7.60. The lowest BCUT2D eigenvalue weighted by molar-refractivity contribution is -0.137. The minimum Gasteiger partial charge on any atom is -0.480 e. The quantitative estimate of drug-likeness (QED) is 0.684. The summed E-state index contributed by atoms with van der Waals surface area (Å²) in [6.45, 7) is 6.20. The first-order valence-corrected chi connectivity index (χ1v) is 6.76. The minimum absolute atomic E-state index is 0.0763. The first kappa shape index (κ1) is 18.2. The van der Waals surface area contributed by atoms with Crippen molar-refractivity contribution in [3.8, 4) is 0 Å². The molecule has 0 heterocycles. The number of amides is 3. The van der Waals surface area contributed by atoms with Crippen molar-refractivity contribution in [1.82, 2.24) is 15.1 Å².